The van der Waals surface area contributed by atoms with Crippen LogP contribution in [0.15, 0.2) is 30.3 Å². The van der Waals surface area contributed by atoms with Gasteiger partial charge in [-0.3, -0.25) is 19.3 Å². The zero-order chi connectivity index (χ0) is 24.3. The molecule has 1 aromatic rings. The summed E-state index contributed by atoms with van der Waals surface area (Å²) in [4.78, 5) is 54.1. The molecule has 2 aliphatic heterocycles. The van der Waals surface area contributed by atoms with E-state index in [-0.39, 0.29) is 36.2 Å². The molecule has 4 rings (SSSR count). The van der Waals surface area contributed by atoms with Crippen molar-refractivity contribution in [1.82, 2.24) is 20.4 Å². The highest BCUT2D eigenvalue weighted by Crippen LogP contribution is 2.36. The van der Waals surface area contributed by atoms with Crippen molar-refractivity contribution >= 4 is 23.8 Å². The van der Waals surface area contributed by atoms with E-state index in [4.69, 9.17) is 0 Å². The van der Waals surface area contributed by atoms with E-state index in [0.717, 1.165) is 29.7 Å². The number of rotatable bonds is 6. The fraction of sp³-hybridized carbons (Fsp3) is 0.615. The normalized spacial score (nSPS) is 26.5. The number of piperidine rings is 1. The number of hydrogen-bond acceptors (Lipinski definition) is 4. The lowest BCUT2D eigenvalue weighted by Gasteiger charge is -2.35. The van der Waals surface area contributed by atoms with Gasteiger partial charge in [0.05, 0.1) is 5.92 Å². The summed E-state index contributed by atoms with van der Waals surface area (Å²) in [5, 5.41) is 5.83. The molecule has 0 bridgehead atoms. The summed E-state index contributed by atoms with van der Waals surface area (Å²) in [7, 11) is 0. The van der Waals surface area contributed by atoms with Crippen molar-refractivity contribution in [3.05, 3.63) is 35.9 Å². The molecule has 5 amide bonds. The van der Waals surface area contributed by atoms with E-state index in [1.807, 2.05) is 42.2 Å². The van der Waals surface area contributed by atoms with Crippen LogP contribution in [0.5, 0.6) is 0 Å². The fourth-order valence-corrected chi connectivity index (χ4v) is 5.53. The average Bonchev–Trinajstić information content (AvgIpc) is 3.06. The van der Waals surface area contributed by atoms with Crippen molar-refractivity contribution < 1.29 is 19.2 Å². The number of carbonyl (C=O) groups excluding carboxylic acids is 4. The minimum absolute atomic E-state index is 0.0707. The second-order valence-corrected chi connectivity index (χ2v) is 10.1. The lowest BCUT2D eigenvalue weighted by Crippen LogP contribution is -2.51. The molecule has 1 spiro atoms. The first kappa shape index (κ1) is 24.2. The van der Waals surface area contributed by atoms with Crippen LogP contribution >= 0.6 is 0 Å². The standard InChI is InChI=1S/C26H36N4O4/c1-3-21(19-7-5-4-6-8-19)23(32)29-15-11-20(12-16-29)27-22(31)17-30-24(33)26(28-25(30)34)13-9-18(2)10-14-26/h4-8,18,20-21H,3,9-17H2,1-2H3,(H,27,31)(H,28,34). The monoisotopic (exact) mass is 468 g/mol. The van der Waals surface area contributed by atoms with Crippen molar-refractivity contribution in [2.45, 2.75) is 76.3 Å². The van der Waals surface area contributed by atoms with Gasteiger partial charge >= 0.3 is 6.03 Å². The Morgan fingerprint density at radius 1 is 1.09 bits per heavy atom. The van der Waals surface area contributed by atoms with Crippen molar-refractivity contribution in [3.8, 4) is 0 Å². The molecule has 3 fully saturated rings. The molecule has 2 N–H and O–H groups in total. The predicted octanol–water partition coefficient (Wildman–Crippen LogP) is 2.79. The molecule has 2 heterocycles. The maximum atomic E-state index is 13.1. The molecule has 1 saturated carbocycles. The van der Waals surface area contributed by atoms with Gasteiger partial charge in [-0.1, -0.05) is 44.2 Å². The molecule has 3 aliphatic rings. The molecule has 1 aliphatic carbocycles. The Balaban J connectivity index is 1.27. The van der Waals surface area contributed by atoms with Crippen LogP contribution in [-0.2, 0) is 14.4 Å². The molecule has 8 nitrogen and oxygen atoms in total. The van der Waals surface area contributed by atoms with Crippen molar-refractivity contribution in [3.63, 3.8) is 0 Å². The molecule has 0 aromatic heterocycles. The Kier molecular flexibility index (Phi) is 7.24. The molecule has 8 heteroatoms. The van der Waals surface area contributed by atoms with E-state index in [1.165, 1.54) is 0 Å². The van der Waals surface area contributed by atoms with Gasteiger partial charge in [-0.05, 0) is 56.4 Å². The van der Waals surface area contributed by atoms with Gasteiger partial charge in [0, 0.05) is 19.1 Å². The van der Waals surface area contributed by atoms with Crippen LogP contribution in [0.2, 0.25) is 0 Å². The minimum Gasteiger partial charge on any atom is -0.352 e. The smallest absolute Gasteiger partial charge is 0.325 e. The molecule has 0 radical (unpaired) electrons. The summed E-state index contributed by atoms with van der Waals surface area (Å²) in [6.07, 6.45) is 5.11. The lowest BCUT2D eigenvalue weighted by atomic mass is 9.77. The summed E-state index contributed by atoms with van der Waals surface area (Å²) in [5.41, 5.74) is 0.202. The number of nitrogens with zero attached hydrogens (tertiary/aromatic N) is 2. The van der Waals surface area contributed by atoms with E-state index in [1.54, 1.807) is 0 Å². The number of hydrogen-bond donors (Lipinski definition) is 2. The predicted molar refractivity (Wildman–Crippen MR) is 128 cm³/mol. The molecule has 184 valence electrons. The first-order valence-corrected chi connectivity index (χ1v) is 12.6. The first-order chi connectivity index (χ1) is 16.3. The van der Waals surface area contributed by atoms with Gasteiger partial charge in [-0.25, -0.2) is 4.79 Å². The van der Waals surface area contributed by atoms with E-state index in [2.05, 4.69) is 17.6 Å². The highest BCUT2D eigenvalue weighted by atomic mass is 16.2. The van der Waals surface area contributed by atoms with E-state index in [0.29, 0.717) is 44.7 Å². The number of carbonyl (C=O) groups is 4. The van der Waals surface area contributed by atoms with Gasteiger partial charge in [-0.2, -0.15) is 0 Å². The Morgan fingerprint density at radius 3 is 2.35 bits per heavy atom. The largest absolute Gasteiger partial charge is 0.352 e. The number of benzene rings is 1. The third-order valence-corrected chi connectivity index (χ3v) is 7.76. The third kappa shape index (κ3) is 4.95. The van der Waals surface area contributed by atoms with Crippen LogP contribution in [0.25, 0.3) is 0 Å². The van der Waals surface area contributed by atoms with Gasteiger partial charge in [0.25, 0.3) is 5.91 Å². The summed E-state index contributed by atoms with van der Waals surface area (Å²) in [6, 6.07) is 9.30. The highest BCUT2D eigenvalue weighted by molar-refractivity contribution is 6.09. The molecule has 34 heavy (non-hydrogen) atoms. The Hall–Kier alpha value is -2.90. The number of likely N-dealkylation sites (tertiary alicyclic amines) is 1. The topological polar surface area (TPSA) is 98.8 Å². The lowest BCUT2D eigenvalue weighted by molar-refractivity contribution is -0.137. The second-order valence-electron chi connectivity index (χ2n) is 10.1. The molecule has 1 aromatic carbocycles. The average molecular weight is 469 g/mol. The quantitative estimate of drug-likeness (QED) is 0.627. The van der Waals surface area contributed by atoms with E-state index >= 15 is 0 Å². The molecule has 1 unspecified atom stereocenters. The zero-order valence-corrected chi connectivity index (χ0v) is 20.2. The number of amides is 5. The molecule has 2 saturated heterocycles. The van der Waals surface area contributed by atoms with Gasteiger partial charge < -0.3 is 15.5 Å². The van der Waals surface area contributed by atoms with Crippen molar-refractivity contribution in [2.24, 2.45) is 5.92 Å². The van der Waals surface area contributed by atoms with Crippen LogP contribution < -0.4 is 10.6 Å². The van der Waals surface area contributed by atoms with Gasteiger partial charge in [0.2, 0.25) is 11.8 Å². The van der Waals surface area contributed by atoms with Crippen LogP contribution in [-0.4, -0.2) is 64.8 Å². The Bertz CT molecular complexity index is 918. The number of imide groups is 1. The Morgan fingerprint density at radius 2 is 1.74 bits per heavy atom. The molecular formula is C26H36N4O4. The summed E-state index contributed by atoms with van der Waals surface area (Å²) < 4.78 is 0. The van der Waals surface area contributed by atoms with Crippen molar-refractivity contribution in [1.29, 1.82) is 0 Å². The van der Waals surface area contributed by atoms with Crippen LogP contribution in [0.1, 0.15) is 70.3 Å². The molecular weight excluding hydrogens is 432 g/mol. The van der Waals surface area contributed by atoms with E-state index < -0.39 is 11.6 Å². The van der Waals surface area contributed by atoms with Crippen LogP contribution in [0.4, 0.5) is 4.79 Å². The minimum atomic E-state index is -0.829. The van der Waals surface area contributed by atoms with Gasteiger partial charge in [-0.15, -0.1) is 0 Å². The third-order valence-electron chi connectivity index (χ3n) is 7.76. The van der Waals surface area contributed by atoms with Crippen LogP contribution in [0.3, 0.4) is 0 Å². The van der Waals surface area contributed by atoms with Crippen LogP contribution in [0, 0.1) is 5.92 Å². The maximum Gasteiger partial charge on any atom is 0.325 e. The SMILES string of the molecule is CCC(C(=O)N1CCC(NC(=O)CN2C(=O)NC3(CCC(C)CC3)C2=O)CC1)c1ccccc1. The van der Waals surface area contributed by atoms with E-state index in [9.17, 15) is 19.2 Å². The summed E-state index contributed by atoms with van der Waals surface area (Å²) in [5.74, 6) is -0.0746. The highest BCUT2D eigenvalue weighted by Gasteiger charge is 2.52. The summed E-state index contributed by atoms with van der Waals surface area (Å²) >= 11 is 0. The number of urea groups is 1. The maximum absolute atomic E-state index is 13.1. The fourth-order valence-electron chi connectivity index (χ4n) is 5.53. The van der Waals surface area contributed by atoms with Crippen molar-refractivity contribution in [2.75, 3.05) is 19.6 Å². The Labute approximate surface area is 201 Å². The first-order valence-electron chi connectivity index (χ1n) is 12.6. The summed E-state index contributed by atoms with van der Waals surface area (Å²) in [6.45, 7) is 5.08. The molecule has 1 atom stereocenters. The van der Waals surface area contributed by atoms with Gasteiger partial charge in [0.15, 0.2) is 0 Å². The van der Waals surface area contributed by atoms with Gasteiger partial charge in [0.1, 0.15) is 12.1 Å². The zero-order valence-electron chi connectivity index (χ0n) is 20.2. The number of nitrogens with one attached hydrogen (secondary N) is 2. The second kappa shape index (κ2) is 10.2.